The maximum absolute atomic E-state index is 15.4. The third-order valence-corrected chi connectivity index (χ3v) is 8.31. The fourth-order valence-corrected chi connectivity index (χ4v) is 5.78. The van der Waals surface area contributed by atoms with Gasteiger partial charge in [-0.2, -0.15) is 13.2 Å². The van der Waals surface area contributed by atoms with Gasteiger partial charge in [0.2, 0.25) is 5.88 Å². The number of fused-ring (bicyclic) bond motifs is 1. The molecule has 43 heavy (non-hydrogen) atoms. The summed E-state index contributed by atoms with van der Waals surface area (Å²) in [5.41, 5.74) is 0.410. The normalized spacial score (nSPS) is 17.4. The zero-order valence-corrected chi connectivity index (χ0v) is 23.5. The van der Waals surface area contributed by atoms with Crippen molar-refractivity contribution in [3.8, 4) is 28.7 Å². The Morgan fingerprint density at radius 1 is 1.09 bits per heavy atom. The molecule has 4 aromatic rings. The number of alkyl halides is 3. The predicted octanol–water partition coefficient (Wildman–Crippen LogP) is 4.89. The van der Waals surface area contributed by atoms with Gasteiger partial charge in [-0.1, -0.05) is 6.07 Å². The second-order valence-corrected chi connectivity index (χ2v) is 11.2. The molecule has 7 rings (SSSR count). The van der Waals surface area contributed by atoms with Crippen LogP contribution in [0.4, 0.5) is 29.1 Å². The van der Waals surface area contributed by atoms with Crippen molar-refractivity contribution in [3.63, 3.8) is 0 Å². The summed E-state index contributed by atoms with van der Waals surface area (Å²) >= 11 is 0. The molecule has 0 N–H and O–H groups in total. The lowest BCUT2D eigenvalue weighted by Crippen LogP contribution is -2.54. The molecule has 10 nitrogen and oxygen atoms in total. The number of aromatic nitrogens is 6. The van der Waals surface area contributed by atoms with Crippen LogP contribution in [0.25, 0.3) is 22.8 Å². The van der Waals surface area contributed by atoms with Gasteiger partial charge in [-0.3, -0.25) is 4.79 Å². The summed E-state index contributed by atoms with van der Waals surface area (Å²) in [5.74, 6) is 0.492. The van der Waals surface area contributed by atoms with Crippen molar-refractivity contribution in [2.45, 2.75) is 49.9 Å². The summed E-state index contributed by atoms with van der Waals surface area (Å²) in [6, 6.07) is 4.29. The van der Waals surface area contributed by atoms with Crippen molar-refractivity contribution in [1.29, 1.82) is 0 Å². The molecule has 2 fully saturated rings. The van der Waals surface area contributed by atoms with E-state index in [1.165, 1.54) is 32.6 Å². The number of amides is 1. The fourth-order valence-electron chi connectivity index (χ4n) is 5.78. The highest BCUT2D eigenvalue weighted by atomic mass is 19.4. The second kappa shape index (κ2) is 9.44. The van der Waals surface area contributed by atoms with Crippen LogP contribution in [0.2, 0.25) is 0 Å². The topological polar surface area (TPSA) is 102 Å². The summed E-state index contributed by atoms with van der Waals surface area (Å²) in [6.45, 7) is 0.131. The van der Waals surface area contributed by atoms with E-state index >= 15 is 4.39 Å². The van der Waals surface area contributed by atoms with Crippen LogP contribution in [-0.4, -0.2) is 55.1 Å². The molecular weight excluding hydrogens is 568 g/mol. The Labute approximate surface area is 243 Å². The van der Waals surface area contributed by atoms with Gasteiger partial charge >= 0.3 is 6.18 Å². The van der Waals surface area contributed by atoms with Gasteiger partial charge in [-0.25, -0.2) is 29.3 Å². The number of carbonyl (C=O) groups is 1. The van der Waals surface area contributed by atoms with Gasteiger partial charge in [0, 0.05) is 32.8 Å². The number of nitrogens with zero attached hydrogens (tertiary/aromatic N) is 8. The van der Waals surface area contributed by atoms with Crippen LogP contribution in [-0.2, 0) is 24.6 Å². The lowest BCUT2D eigenvalue weighted by Gasteiger charge is -2.41. The van der Waals surface area contributed by atoms with Crippen molar-refractivity contribution in [1.82, 2.24) is 29.5 Å². The summed E-state index contributed by atoms with van der Waals surface area (Å²) in [7, 11) is 4.58. The van der Waals surface area contributed by atoms with Crippen LogP contribution in [0.15, 0.2) is 36.9 Å². The van der Waals surface area contributed by atoms with Gasteiger partial charge in [-0.05, 0) is 43.4 Å². The molecule has 3 aliphatic rings. The Bertz CT molecular complexity index is 1780. The number of anilines is 2. The number of rotatable bonds is 6. The van der Waals surface area contributed by atoms with Crippen molar-refractivity contribution in [2.75, 3.05) is 24.0 Å². The second-order valence-electron chi connectivity index (χ2n) is 11.2. The maximum atomic E-state index is 15.4. The minimum atomic E-state index is -4.65. The van der Waals surface area contributed by atoms with Gasteiger partial charge in [0.15, 0.2) is 17.3 Å². The number of benzene rings is 1. The molecule has 0 bridgehead atoms. The molecule has 0 radical (unpaired) electrons. The minimum Gasteiger partial charge on any atom is -0.480 e. The lowest BCUT2D eigenvalue weighted by atomic mass is 10.0. The minimum absolute atomic E-state index is 0.0638. The summed E-state index contributed by atoms with van der Waals surface area (Å²) in [5, 5.41) is 0. The van der Waals surface area contributed by atoms with E-state index in [9.17, 15) is 18.0 Å². The van der Waals surface area contributed by atoms with Crippen LogP contribution < -0.4 is 14.5 Å². The first kappa shape index (κ1) is 27.2. The molecule has 2 aliphatic carbocycles. The average molecular weight is 595 g/mol. The fraction of sp³-hybridized carbons (Fsp3) is 0.379. The molecule has 1 aliphatic heterocycles. The molecule has 0 unspecified atom stereocenters. The Hall–Kier alpha value is -4.62. The van der Waals surface area contributed by atoms with E-state index in [-0.39, 0.29) is 29.8 Å². The number of carbonyl (C=O) groups excluding carboxylic acids is 1. The van der Waals surface area contributed by atoms with Crippen molar-refractivity contribution >= 4 is 17.4 Å². The van der Waals surface area contributed by atoms with E-state index in [0.717, 1.165) is 29.3 Å². The van der Waals surface area contributed by atoms with Crippen LogP contribution in [0, 0.1) is 5.82 Å². The average Bonchev–Trinajstić information content (AvgIpc) is 3.92. The number of likely N-dealkylation sites (N-methyl/N-ethyl adjacent to an activating group) is 1. The number of halogens is 4. The van der Waals surface area contributed by atoms with Gasteiger partial charge in [0.05, 0.1) is 24.6 Å². The van der Waals surface area contributed by atoms with Crippen LogP contribution in [0.3, 0.4) is 0 Å². The number of hydrogen-bond donors (Lipinski definition) is 0. The highest BCUT2D eigenvalue weighted by Gasteiger charge is 2.59. The highest BCUT2D eigenvalue weighted by Crippen LogP contribution is 2.52. The number of aryl methyl sites for hydroxylation is 1. The zero-order chi connectivity index (χ0) is 30.3. The van der Waals surface area contributed by atoms with Gasteiger partial charge < -0.3 is 19.1 Å². The first-order valence-electron chi connectivity index (χ1n) is 13.7. The Morgan fingerprint density at radius 2 is 1.86 bits per heavy atom. The third-order valence-electron chi connectivity index (χ3n) is 8.31. The first-order valence-corrected chi connectivity index (χ1v) is 13.7. The molecule has 2 saturated carbocycles. The molecule has 0 saturated heterocycles. The summed E-state index contributed by atoms with van der Waals surface area (Å²) in [4.78, 5) is 38.8. The monoisotopic (exact) mass is 594 g/mol. The van der Waals surface area contributed by atoms with Crippen molar-refractivity contribution in [3.05, 3.63) is 59.7 Å². The number of ether oxygens (including phenoxy) is 1. The van der Waals surface area contributed by atoms with Crippen LogP contribution >= 0.6 is 0 Å². The Kier molecular flexibility index (Phi) is 5.98. The molecule has 222 valence electrons. The van der Waals surface area contributed by atoms with Gasteiger partial charge in [-0.15, -0.1) is 0 Å². The van der Waals surface area contributed by atoms with E-state index in [4.69, 9.17) is 9.72 Å². The third kappa shape index (κ3) is 4.38. The Balaban J connectivity index is 1.29. The molecule has 4 heterocycles. The molecule has 1 amide bonds. The standard InChI is InChI=1S/C29H26F4N8O2/c1-39-13-20(29(31,32)33)37-24(39)17-7-4-15(10-18(17)30)12-41-25-19(40(2)27(42)28(41)8-9-28)11-34-23(38-25)21-22(16-5-6-16)35-14-36-26(21)43-3/h4,7,10-11,13-14,16H,5-6,8-9,12H2,1-3H3. The molecule has 14 heteroatoms. The predicted molar refractivity (Wildman–Crippen MR) is 147 cm³/mol. The van der Waals surface area contributed by atoms with Crippen molar-refractivity contribution in [2.24, 2.45) is 7.05 Å². The smallest absolute Gasteiger partial charge is 0.434 e. The zero-order valence-electron chi connectivity index (χ0n) is 23.5. The molecule has 1 spiro atoms. The molecular formula is C29H26F4N8O2. The van der Waals surface area contributed by atoms with Gasteiger partial charge in [0.25, 0.3) is 5.91 Å². The van der Waals surface area contributed by atoms with Gasteiger partial charge in [0.1, 0.15) is 34.8 Å². The molecule has 1 aromatic carbocycles. The number of imidazole rings is 1. The lowest BCUT2D eigenvalue weighted by molar-refractivity contribution is -0.140. The van der Waals surface area contributed by atoms with Crippen LogP contribution in [0.1, 0.15) is 48.6 Å². The van der Waals surface area contributed by atoms with Crippen molar-refractivity contribution < 1.29 is 27.1 Å². The van der Waals surface area contributed by atoms with Crippen LogP contribution in [0.5, 0.6) is 5.88 Å². The Morgan fingerprint density at radius 3 is 2.49 bits per heavy atom. The number of methoxy groups -OCH3 is 1. The van der Waals surface area contributed by atoms with E-state index in [0.29, 0.717) is 47.2 Å². The largest absolute Gasteiger partial charge is 0.480 e. The SMILES string of the molecule is COc1ncnc(C2CC2)c1-c1ncc2c(n1)N(Cc1ccc(-c3nc(C(F)(F)F)cn3C)c(F)c1)C1(CC1)C(=O)N2C. The number of hydrogen-bond acceptors (Lipinski definition) is 8. The van der Waals surface area contributed by atoms with E-state index < -0.39 is 23.2 Å². The van der Waals surface area contributed by atoms with E-state index in [1.807, 2.05) is 4.90 Å². The summed E-state index contributed by atoms with van der Waals surface area (Å²) in [6.07, 6.45) is 2.38. The molecule has 0 atom stereocenters. The summed E-state index contributed by atoms with van der Waals surface area (Å²) < 4.78 is 61.7. The maximum Gasteiger partial charge on any atom is 0.434 e. The first-order chi connectivity index (χ1) is 20.5. The quantitative estimate of drug-likeness (QED) is 0.291. The van der Waals surface area contributed by atoms with E-state index in [1.54, 1.807) is 24.2 Å². The molecule has 3 aromatic heterocycles. The highest BCUT2D eigenvalue weighted by molar-refractivity contribution is 6.09. The van der Waals surface area contributed by atoms with E-state index in [2.05, 4.69) is 19.9 Å².